The standard InChI is InChI=1S/C10H7N5O2S/c11-13-14-18(16,17)15(12)10-7-3-5-8-4-1-2-6-9(8)10/h1-7H. The van der Waals surface area contributed by atoms with Gasteiger partial charge >= 0.3 is 10.2 Å². The maximum absolute atomic E-state index is 11.4. The van der Waals surface area contributed by atoms with Gasteiger partial charge in [0, 0.05) is 11.0 Å². The third-order valence-electron chi connectivity index (χ3n) is 2.33. The van der Waals surface area contributed by atoms with E-state index in [-0.39, 0.29) is 9.79 Å². The molecule has 8 heteroatoms. The number of benzene rings is 2. The van der Waals surface area contributed by atoms with Gasteiger partial charge < -0.3 is 5.53 Å². The molecule has 0 N–H and O–H groups in total. The van der Waals surface area contributed by atoms with E-state index in [2.05, 4.69) is 9.43 Å². The van der Waals surface area contributed by atoms with Crippen LogP contribution in [0.4, 0.5) is 5.69 Å². The van der Waals surface area contributed by atoms with E-state index in [1.54, 1.807) is 36.4 Å². The van der Waals surface area contributed by atoms with E-state index in [4.69, 9.17) is 5.53 Å². The van der Waals surface area contributed by atoms with Gasteiger partial charge in [0.1, 0.15) is 0 Å². The van der Waals surface area contributed by atoms with Crippen LogP contribution < -0.4 is 0 Å². The zero-order valence-corrected chi connectivity index (χ0v) is 9.82. The molecule has 0 unspecified atom stereocenters. The molecule has 0 heterocycles. The highest BCUT2D eigenvalue weighted by Gasteiger charge is 2.21. The van der Waals surface area contributed by atoms with Gasteiger partial charge in [-0.05, 0) is 17.0 Å². The van der Waals surface area contributed by atoms with Gasteiger partial charge in [-0.2, -0.15) is 12.5 Å². The summed E-state index contributed by atoms with van der Waals surface area (Å²) in [6, 6.07) is 11.7. The van der Waals surface area contributed by atoms with Crippen LogP contribution in [0.3, 0.4) is 0 Å². The fourth-order valence-electron chi connectivity index (χ4n) is 1.58. The molecule has 0 aliphatic rings. The Kier molecular flexibility index (Phi) is 2.97. The van der Waals surface area contributed by atoms with Gasteiger partial charge in [-0.1, -0.05) is 30.3 Å². The van der Waals surface area contributed by atoms with Crippen LogP contribution in [0, 0.1) is 0 Å². The lowest BCUT2D eigenvalue weighted by Crippen LogP contribution is -2.09. The molecule has 2 aromatic carbocycles. The molecule has 0 radical (unpaired) electrons. The minimum Gasteiger partial charge on any atom is -0.480 e. The number of fused-ring (bicyclic) bond motifs is 1. The third-order valence-corrected chi connectivity index (χ3v) is 3.24. The van der Waals surface area contributed by atoms with Gasteiger partial charge in [0.25, 0.3) is 0 Å². The monoisotopic (exact) mass is 261 g/mol. The van der Waals surface area contributed by atoms with Gasteiger partial charge in [-0.25, -0.2) is 0 Å². The molecule has 2 aromatic rings. The molecule has 0 bridgehead atoms. The molecule has 0 saturated carbocycles. The zero-order chi connectivity index (χ0) is 13.2. The highest BCUT2D eigenvalue weighted by Crippen LogP contribution is 2.27. The van der Waals surface area contributed by atoms with Gasteiger partial charge in [0.15, 0.2) is 0 Å². The number of nitrogens with zero attached hydrogens (tertiary/aromatic N) is 5. The molecule has 0 spiro atoms. The quantitative estimate of drug-likeness (QED) is 0.366. The molecule has 0 amide bonds. The number of hydrogen-bond acceptors (Lipinski definition) is 2. The average molecular weight is 261 g/mol. The van der Waals surface area contributed by atoms with Gasteiger partial charge in [-0.15, -0.1) is 0 Å². The molecule has 2 rings (SSSR count). The predicted octanol–water partition coefficient (Wildman–Crippen LogP) is 3.06. The molecule has 0 aromatic heterocycles. The third kappa shape index (κ3) is 2.02. The van der Waals surface area contributed by atoms with Crippen molar-refractivity contribution in [2.75, 3.05) is 0 Å². The summed E-state index contributed by atoms with van der Waals surface area (Å²) < 4.78 is 25.4. The van der Waals surface area contributed by atoms with E-state index in [0.29, 0.717) is 5.39 Å². The highest BCUT2D eigenvalue weighted by molar-refractivity contribution is 7.84. The second-order valence-corrected chi connectivity index (χ2v) is 4.79. The Morgan fingerprint density at radius 2 is 1.78 bits per heavy atom. The summed E-state index contributed by atoms with van der Waals surface area (Å²) in [6.45, 7) is 0. The second kappa shape index (κ2) is 4.44. The van der Waals surface area contributed by atoms with Crippen molar-refractivity contribution in [3.8, 4) is 0 Å². The van der Waals surface area contributed by atoms with Crippen LogP contribution in [-0.4, -0.2) is 12.5 Å². The van der Waals surface area contributed by atoms with Crippen molar-refractivity contribution >= 4 is 26.7 Å². The van der Waals surface area contributed by atoms with Crippen molar-refractivity contribution in [3.63, 3.8) is 0 Å². The Hall–Kier alpha value is -2.44. The lowest BCUT2D eigenvalue weighted by Gasteiger charge is -2.05. The number of rotatable bonds is 3. The molecule has 0 aliphatic heterocycles. The first-order valence-corrected chi connectivity index (χ1v) is 6.24. The molecule has 90 valence electrons. The molecule has 0 aliphatic carbocycles. The number of hydrogen-bond donors (Lipinski definition) is 0. The molecule has 0 saturated heterocycles. The van der Waals surface area contributed by atoms with Crippen LogP contribution in [0.25, 0.3) is 26.7 Å². The van der Waals surface area contributed by atoms with Crippen molar-refractivity contribution in [2.24, 2.45) is 4.52 Å². The molecular formula is C10H7N5O2S. The van der Waals surface area contributed by atoms with Crippen molar-refractivity contribution in [2.45, 2.75) is 0 Å². The Labute approximate surface area is 103 Å². The average Bonchev–Trinajstić information content (AvgIpc) is 2.37. The minimum atomic E-state index is -4.46. The van der Waals surface area contributed by atoms with Crippen LogP contribution in [0.5, 0.6) is 0 Å². The van der Waals surface area contributed by atoms with Crippen LogP contribution >= 0.6 is 0 Å². The van der Waals surface area contributed by atoms with E-state index in [9.17, 15) is 13.9 Å². The first-order chi connectivity index (χ1) is 8.56. The van der Waals surface area contributed by atoms with Crippen LogP contribution in [0.15, 0.2) is 47.0 Å². The minimum absolute atomic E-state index is 0.0282. The fraction of sp³-hybridized carbons (Fsp3) is 0. The summed E-state index contributed by atoms with van der Waals surface area (Å²) in [4.78, 5) is 2.17. The summed E-state index contributed by atoms with van der Waals surface area (Å²) in [5, 5.41) is 1.28. The Bertz CT molecular complexity index is 772. The van der Waals surface area contributed by atoms with Crippen LogP contribution in [-0.2, 0) is 10.2 Å². The molecule has 0 fully saturated rings. The van der Waals surface area contributed by atoms with E-state index >= 15 is 0 Å². The smallest absolute Gasteiger partial charge is 0.457 e. The summed E-state index contributed by atoms with van der Waals surface area (Å²) in [7, 11) is -4.46. The summed E-state index contributed by atoms with van der Waals surface area (Å²) in [6.07, 6.45) is 0. The van der Waals surface area contributed by atoms with Gasteiger partial charge in [-0.3, -0.25) is 0 Å². The Balaban J connectivity index is 2.70. The molecule has 0 atom stereocenters. The molecule has 7 nitrogen and oxygen atoms in total. The van der Waals surface area contributed by atoms with E-state index < -0.39 is 10.2 Å². The van der Waals surface area contributed by atoms with E-state index in [0.717, 1.165) is 5.39 Å². The van der Waals surface area contributed by atoms with Crippen molar-refractivity contribution in [1.29, 1.82) is 0 Å². The van der Waals surface area contributed by atoms with Gasteiger partial charge in [0.05, 0.1) is 9.91 Å². The lowest BCUT2D eigenvalue weighted by atomic mass is 10.1. The molecule has 18 heavy (non-hydrogen) atoms. The Morgan fingerprint density at radius 1 is 1.11 bits per heavy atom. The predicted molar refractivity (Wildman–Crippen MR) is 65.3 cm³/mol. The largest absolute Gasteiger partial charge is 0.480 e. The fourth-order valence-corrected chi connectivity index (χ4v) is 2.15. The first-order valence-electron chi connectivity index (χ1n) is 4.84. The normalized spacial score (nSPS) is 10.9. The lowest BCUT2D eigenvalue weighted by molar-refractivity contribution is -0.284. The highest BCUT2D eigenvalue weighted by atomic mass is 32.2. The van der Waals surface area contributed by atoms with Crippen molar-refractivity contribution in [1.82, 2.24) is 0 Å². The summed E-state index contributed by atoms with van der Waals surface area (Å²) in [5.41, 5.74) is 17.8. The topological polar surface area (TPSA) is 108 Å². The maximum Gasteiger partial charge on any atom is 0.457 e. The summed E-state index contributed by atoms with van der Waals surface area (Å²) >= 11 is 0. The Morgan fingerprint density at radius 3 is 2.50 bits per heavy atom. The molecular weight excluding hydrogens is 254 g/mol. The SMILES string of the molecule is [N-]=[N+]=NS(=O)(=O)[N+](=[N-])c1cccc2ccccc12. The van der Waals surface area contributed by atoms with E-state index in [1.807, 2.05) is 0 Å². The van der Waals surface area contributed by atoms with Gasteiger partial charge in [0.2, 0.25) is 5.69 Å². The number of azide groups is 1. The first kappa shape index (κ1) is 12.0. The second-order valence-electron chi connectivity index (χ2n) is 3.39. The van der Waals surface area contributed by atoms with Crippen molar-refractivity contribution < 1.29 is 12.5 Å². The zero-order valence-electron chi connectivity index (χ0n) is 9.00. The van der Waals surface area contributed by atoms with E-state index in [1.165, 1.54) is 6.07 Å². The van der Waals surface area contributed by atoms with Crippen molar-refractivity contribution in [3.05, 3.63) is 58.4 Å². The van der Waals surface area contributed by atoms with Crippen LogP contribution in [0.1, 0.15) is 0 Å². The summed E-state index contributed by atoms with van der Waals surface area (Å²) in [5.74, 6) is 0. The maximum atomic E-state index is 11.4. The van der Waals surface area contributed by atoms with Crippen LogP contribution in [0.2, 0.25) is 0 Å².